The Labute approximate surface area is 138 Å². The summed E-state index contributed by atoms with van der Waals surface area (Å²) in [7, 11) is 0. The molecule has 0 spiro atoms. The van der Waals surface area contributed by atoms with E-state index in [1.54, 1.807) is 6.07 Å². The maximum absolute atomic E-state index is 12.2. The van der Waals surface area contributed by atoms with Gasteiger partial charge < -0.3 is 15.2 Å². The molecule has 24 heavy (non-hydrogen) atoms. The van der Waals surface area contributed by atoms with Crippen LogP contribution >= 0.6 is 0 Å². The number of anilines is 1. The predicted octanol–water partition coefficient (Wildman–Crippen LogP) is 2.09. The zero-order valence-electron chi connectivity index (χ0n) is 13.0. The summed E-state index contributed by atoms with van der Waals surface area (Å²) in [4.78, 5) is 29.4. The average molecular weight is 327 g/mol. The van der Waals surface area contributed by atoms with E-state index in [4.69, 9.17) is 4.52 Å². The molecule has 1 aliphatic carbocycles. The lowest BCUT2D eigenvalue weighted by Crippen LogP contribution is -2.37. The van der Waals surface area contributed by atoms with E-state index in [-0.39, 0.29) is 6.03 Å². The number of hydrogen-bond donors (Lipinski definition) is 2. The Morgan fingerprint density at radius 3 is 2.96 bits per heavy atom. The van der Waals surface area contributed by atoms with E-state index in [2.05, 4.69) is 20.8 Å². The third-order valence-electron chi connectivity index (χ3n) is 4.13. The molecular weight excluding hydrogens is 310 g/mol. The number of nitrogens with one attached hydrogen (secondary N) is 2. The lowest BCUT2D eigenvalue weighted by Gasteiger charge is -2.15. The predicted molar refractivity (Wildman–Crippen MR) is 84.6 cm³/mol. The van der Waals surface area contributed by atoms with Crippen molar-refractivity contribution < 1.29 is 14.1 Å². The molecule has 1 saturated carbocycles. The second kappa shape index (κ2) is 5.95. The van der Waals surface area contributed by atoms with Crippen LogP contribution < -0.4 is 10.6 Å². The number of carbonyl (C=O) groups is 2. The Morgan fingerprint density at radius 1 is 1.38 bits per heavy atom. The summed E-state index contributed by atoms with van der Waals surface area (Å²) in [6.07, 6.45) is 2.66. The molecule has 4 rings (SSSR count). The molecule has 1 aromatic heterocycles. The maximum atomic E-state index is 12.2. The maximum Gasteiger partial charge on any atom is 0.330 e. The van der Waals surface area contributed by atoms with Crippen LogP contribution in [0.5, 0.6) is 0 Å². The molecule has 0 bridgehead atoms. The Kier molecular flexibility index (Phi) is 3.64. The summed E-state index contributed by atoms with van der Waals surface area (Å²) in [5, 5.41) is 9.39. The van der Waals surface area contributed by atoms with Gasteiger partial charge in [-0.3, -0.25) is 0 Å². The van der Waals surface area contributed by atoms with E-state index in [0.29, 0.717) is 37.0 Å². The van der Waals surface area contributed by atoms with Crippen LogP contribution in [0.3, 0.4) is 0 Å². The summed E-state index contributed by atoms with van der Waals surface area (Å²) < 4.78 is 5.30. The molecule has 2 aromatic rings. The number of aromatic nitrogens is 2. The average Bonchev–Trinajstić information content (AvgIpc) is 3.17. The number of imide groups is 1. The van der Waals surface area contributed by atoms with Crippen LogP contribution in [0.25, 0.3) is 0 Å². The van der Waals surface area contributed by atoms with Gasteiger partial charge in [0.05, 0.1) is 6.42 Å². The van der Waals surface area contributed by atoms with Crippen molar-refractivity contribution in [3.05, 3.63) is 41.5 Å². The first-order valence-corrected chi connectivity index (χ1v) is 7.97. The van der Waals surface area contributed by atoms with Crippen molar-refractivity contribution in [3.63, 3.8) is 0 Å². The second-order valence-electron chi connectivity index (χ2n) is 5.97. The third kappa shape index (κ3) is 2.94. The summed E-state index contributed by atoms with van der Waals surface area (Å²) in [6, 6.07) is 6.57. The molecule has 1 aromatic carbocycles. The first kappa shape index (κ1) is 14.7. The Bertz CT molecular complexity index is 784. The fourth-order valence-electron chi connectivity index (χ4n) is 2.65. The first-order chi connectivity index (χ1) is 11.7. The van der Waals surface area contributed by atoms with Gasteiger partial charge >= 0.3 is 12.1 Å². The quantitative estimate of drug-likeness (QED) is 0.895. The smallest absolute Gasteiger partial charge is 0.330 e. The Morgan fingerprint density at radius 2 is 2.21 bits per heavy atom. The van der Waals surface area contributed by atoms with Gasteiger partial charge in [0.25, 0.3) is 0 Å². The summed E-state index contributed by atoms with van der Waals surface area (Å²) in [5.41, 5.74) is 1.49. The number of carbonyl (C=O) groups excluding carboxylic acids is 2. The van der Waals surface area contributed by atoms with Crippen molar-refractivity contribution in [3.8, 4) is 0 Å². The third-order valence-corrected chi connectivity index (χ3v) is 4.13. The van der Waals surface area contributed by atoms with Crippen molar-refractivity contribution in [2.45, 2.75) is 25.2 Å². The highest BCUT2D eigenvalue weighted by Crippen LogP contribution is 2.38. The SMILES string of the molecule is O=C1NCCN1C(=O)Nc1ccccc1Cc1nc(C2CC2)no1. The molecule has 0 unspecified atom stereocenters. The Balaban J connectivity index is 1.49. The minimum absolute atomic E-state index is 0.362. The van der Waals surface area contributed by atoms with Crippen LogP contribution in [-0.4, -0.2) is 40.2 Å². The molecule has 4 amide bonds. The summed E-state index contributed by atoms with van der Waals surface area (Å²) >= 11 is 0. The summed E-state index contributed by atoms with van der Waals surface area (Å²) in [6.45, 7) is 0.834. The molecule has 8 nitrogen and oxygen atoms in total. The molecule has 0 atom stereocenters. The number of benzene rings is 1. The van der Waals surface area contributed by atoms with E-state index in [9.17, 15) is 9.59 Å². The molecule has 8 heteroatoms. The lowest BCUT2D eigenvalue weighted by atomic mass is 10.1. The molecule has 2 fully saturated rings. The Hall–Kier alpha value is -2.90. The zero-order chi connectivity index (χ0) is 16.5. The number of amides is 4. The molecule has 1 saturated heterocycles. The zero-order valence-corrected chi connectivity index (χ0v) is 13.0. The molecule has 2 heterocycles. The number of urea groups is 2. The van der Waals surface area contributed by atoms with Crippen LogP contribution in [0, 0.1) is 0 Å². The summed E-state index contributed by atoms with van der Waals surface area (Å²) in [5.74, 6) is 1.73. The van der Waals surface area contributed by atoms with Crippen LogP contribution in [-0.2, 0) is 6.42 Å². The fraction of sp³-hybridized carbons (Fsp3) is 0.375. The van der Waals surface area contributed by atoms with Gasteiger partial charge in [-0.05, 0) is 24.5 Å². The number of para-hydroxylation sites is 1. The van der Waals surface area contributed by atoms with Crippen molar-refractivity contribution in [2.75, 3.05) is 18.4 Å². The molecule has 2 N–H and O–H groups in total. The topological polar surface area (TPSA) is 100 Å². The van der Waals surface area contributed by atoms with Gasteiger partial charge in [-0.1, -0.05) is 23.4 Å². The van der Waals surface area contributed by atoms with E-state index in [1.165, 1.54) is 0 Å². The van der Waals surface area contributed by atoms with Crippen molar-refractivity contribution in [1.82, 2.24) is 20.4 Å². The standard InChI is InChI=1S/C16H17N5O3/c22-15-17-7-8-21(15)16(23)18-12-4-2-1-3-11(12)9-13-19-14(20-24-13)10-5-6-10/h1-4,10H,5-9H2,(H,17,22)(H,18,23). The highest BCUT2D eigenvalue weighted by molar-refractivity contribution is 6.01. The van der Waals surface area contributed by atoms with Gasteiger partial charge in [0.2, 0.25) is 5.89 Å². The van der Waals surface area contributed by atoms with Gasteiger partial charge in [0.1, 0.15) is 0 Å². The van der Waals surface area contributed by atoms with E-state index >= 15 is 0 Å². The largest absolute Gasteiger partial charge is 0.339 e. The molecule has 0 radical (unpaired) electrons. The number of rotatable bonds is 4. The molecule has 2 aliphatic rings. The van der Waals surface area contributed by atoms with Crippen molar-refractivity contribution >= 4 is 17.7 Å². The normalized spacial score (nSPS) is 17.0. The molecule has 1 aliphatic heterocycles. The van der Waals surface area contributed by atoms with E-state index < -0.39 is 6.03 Å². The van der Waals surface area contributed by atoms with Gasteiger partial charge in [-0.2, -0.15) is 4.98 Å². The molecule has 124 valence electrons. The van der Waals surface area contributed by atoms with Crippen LogP contribution in [0.4, 0.5) is 15.3 Å². The van der Waals surface area contributed by atoms with Gasteiger partial charge in [0.15, 0.2) is 5.82 Å². The van der Waals surface area contributed by atoms with Crippen molar-refractivity contribution in [1.29, 1.82) is 0 Å². The van der Waals surface area contributed by atoms with Gasteiger partial charge in [-0.25, -0.2) is 14.5 Å². The first-order valence-electron chi connectivity index (χ1n) is 7.97. The van der Waals surface area contributed by atoms with E-state index in [0.717, 1.165) is 29.1 Å². The van der Waals surface area contributed by atoms with Crippen LogP contribution in [0.2, 0.25) is 0 Å². The monoisotopic (exact) mass is 327 g/mol. The highest BCUT2D eigenvalue weighted by atomic mass is 16.5. The lowest BCUT2D eigenvalue weighted by molar-refractivity contribution is 0.207. The van der Waals surface area contributed by atoms with Gasteiger partial charge in [0, 0.05) is 24.7 Å². The highest BCUT2D eigenvalue weighted by Gasteiger charge is 2.29. The van der Waals surface area contributed by atoms with Crippen LogP contribution in [0.15, 0.2) is 28.8 Å². The molecular formula is C16H17N5O3. The minimum atomic E-state index is -0.443. The van der Waals surface area contributed by atoms with Crippen LogP contribution in [0.1, 0.15) is 36.0 Å². The van der Waals surface area contributed by atoms with E-state index in [1.807, 2.05) is 18.2 Å². The van der Waals surface area contributed by atoms with Crippen molar-refractivity contribution in [2.24, 2.45) is 0 Å². The fourth-order valence-corrected chi connectivity index (χ4v) is 2.65. The number of hydrogen-bond acceptors (Lipinski definition) is 5. The second-order valence-corrected chi connectivity index (χ2v) is 5.97. The minimum Gasteiger partial charge on any atom is -0.339 e. The van der Waals surface area contributed by atoms with Gasteiger partial charge in [-0.15, -0.1) is 0 Å². The number of nitrogens with zero attached hydrogens (tertiary/aromatic N) is 3.